The molecule has 6 heteroatoms. The number of pyridine rings is 1. The maximum atomic E-state index is 4.36. The van der Waals surface area contributed by atoms with Gasteiger partial charge in [0, 0.05) is 25.6 Å². The number of para-hydroxylation sites is 1. The molecule has 0 radical (unpaired) electrons. The Bertz CT molecular complexity index is 1030. The van der Waals surface area contributed by atoms with Gasteiger partial charge >= 0.3 is 20.1 Å². The second kappa shape index (κ2) is 9.50. The summed E-state index contributed by atoms with van der Waals surface area (Å²) in [7, 11) is 3.97. The van der Waals surface area contributed by atoms with Crippen molar-refractivity contribution in [2.24, 2.45) is 7.05 Å². The van der Waals surface area contributed by atoms with Gasteiger partial charge in [-0.3, -0.25) is 4.98 Å². The van der Waals surface area contributed by atoms with Gasteiger partial charge in [-0.15, -0.1) is 41.6 Å². The van der Waals surface area contributed by atoms with Gasteiger partial charge in [-0.1, -0.05) is 0 Å². The Hall–Kier alpha value is -2.95. The SMILES string of the molecule is CN1[CH-]N(c2[c-]cccc2)c2cccnc21.Cn1ccnc1-c1[c-]cccc1.[Ir+3]. The number of fused-ring (bicyclic) bond motifs is 1. The number of nitrogens with zero attached hydrogens (tertiary/aromatic N) is 5. The van der Waals surface area contributed by atoms with Crippen LogP contribution in [0.15, 0.2) is 79.3 Å². The van der Waals surface area contributed by atoms with Crippen LogP contribution in [0.3, 0.4) is 0 Å². The Morgan fingerprint density at radius 3 is 2.31 bits per heavy atom. The maximum absolute atomic E-state index is 4.36. The smallest absolute Gasteiger partial charge is 0.492 e. The van der Waals surface area contributed by atoms with E-state index in [0.717, 1.165) is 28.6 Å². The summed E-state index contributed by atoms with van der Waals surface area (Å²) in [6.45, 7) is 2.02. The van der Waals surface area contributed by atoms with Crippen molar-refractivity contribution in [3.05, 3.63) is 98.1 Å². The number of aryl methyl sites for hydroxylation is 1. The van der Waals surface area contributed by atoms with Gasteiger partial charge in [0.25, 0.3) is 0 Å². The molecule has 29 heavy (non-hydrogen) atoms. The van der Waals surface area contributed by atoms with Crippen LogP contribution >= 0.6 is 0 Å². The number of aromatic nitrogens is 3. The summed E-state index contributed by atoms with van der Waals surface area (Å²) in [5.74, 6) is 1.93. The van der Waals surface area contributed by atoms with E-state index in [-0.39, 0.29) is 20.1 Å². The molecule has 1 aliphatic rings. The maximum Gasteiger partial charge on any atom is 3.00 e. The number of imidazole rings is 1. The van der Waals surface area contributed by atoms with Gasteiger partial charge in [-0.05, 0) is 19.2 Å². The van der Waals surface area contributed by atoms with Crippen LogP contribution in [0, 0.1) is 18.8 Å². The van der Waals surface area contributed by atoms with Crippen LogP contribution in [0.5, 0.6) is 0 Å². The number of anilines is 3. The molecule has 0 spiro atoms. The zero-order valence-electron chi connectivity index (χ0n) is 16.2. The average molecular weight is 559 g/mol. The number of benzene rings is 2. The Labute approximate surface area is 185 Å². The van der Waals surface area contributed by atoms with Crippen LogP contribution in [-0.2, 0) is 27.2 Å². The summed E-state index contributed by atoms with van der Waals surface area (Å²) in [4.78, 5) is 12.7. The summed E-state index contributed by atoms with van der Waals surface area (Å²) in [6, 6.07) is 26.1. The molecule has 0 saturated carbocycles. The van der Waals surface area contributed by atoms with E-state index in [9.17, 15) is 0 Å². The van der Waals surface area contributed by atoms with Crippen molar-refractivity contribution in [3.63, 3.8) is 0 Å². The van der Waals surface area contributed by atoms with Crippen molar-refractivity contribution < 1.29 is 20.1 Å². The molecule has 0 atom stereocenters. The first kappa shape index (κ1) is 20.8. The predicted octanol–water partition coefficient (Wildman–Crippen LogP) is 4.47. The fraction of sp³-hybridized carbons (Fsp3) is 0.0870. The molecule has 2 aromatic carbocycles. The molecular formula is C23H20IrN5. The third kappa shape index (κ3) is 4.56. The second-order valence-corrected chi connectivity index (χ2v) is 6.33. The van der Waals surface area contributed by atoms with Gasteiger partial charge in [-0.25, -0.2) is 4.98 Å². The summed E-state index contributed by atoms with van der Waals surface area (Å²) in [6.07, 6.45) is 5.52. The van der Waals surface area contributed by atoms with E-state index >= 15 is 0 Å². The molecule has 2 aromatic heterocycles. The third-order valence-corrected chi connectivity index (χ3v) is 4.37. The molecule has 0 N–H and O–H groups in total. The van der Waals surface area contributed by atoms with Crippen LogP contribution in [0.25, 0.3) is 11.4 Å². The second-order valence-electron chi connectivity index (χ2n) is 6.33. The average Bonchev–Trinajstić information content (AvgIpc) is 3.33. The van der Waals surface area contributed by atoms with Crippen molar-refractivity contribution in [2.75, 3.05) is 16.8 Å². The summed E-state index contributed by atoms with van der Waals surface area (Å²) in [5.41, 5.74) is 3.15. The largest absolute Gasteiger partial charge is 3.00 e. The van der Waals surface area contributed by atoms with Crippen LogP contribution in [0.1, 0.15) is 0 Å². The number of rotatable bonds is 2. The van der Waals surface area contributed by atoms with E-state index in [2.05, 4.69) is 33.1 Å². The first-order chi connectivity index (χ1) is 13.7. The van der Waals surface area contributed by atoms with Gasteiger partial charge in [0.2, 0.25) is 0 Å². The Morgan fingerprint density at radius 1 is 0.862 bits per heavy atom. The van der Waals surface area contributed by atoms with Crippen LogP contribution < -0.4 is 9.80 Å². The van der Waals surface area contributed by atoms with Crippen molar-refractivity contribution in [1.29, 1.82) is 0 Å². The molecule has 0 amide bonds. The summed E-state index contributed by atoms with van der Waals surface area (Å²) in [5, 5.41) is 0. The minimum absolute atomic E-state index is 0. The minimum Gasteiger partial charge on any atom is -0.492 e. The Kier molecular flexibility index (Phi) is 6.81. The summed E-state index contributed by atoms with van der Waals surface area (Å²) < 4.78 is 1.98. The molecule has 0 aliphatic carbocycles. The van der Waals surface area contributed by atoms with Crippen LogP contribution in [0.4, 0.5) is 17.2 Å². The molecule has 5 nitrogen and oxygen atoms in total. The van der Waals surface area contributed by atoms with E-state index in [1.165, 1.54) is 0 Å². The van der Waals surface area contributed by atoms with Gasteiger partial charge < -0.3 is 14.4 Å². The van der Waals surface area contributed by atoms with E-state index in [0.29, 0.717) is 0 Å². The topological polar surface area (TPSA) is 37.2 Å². The monoisotopic (exact) mass is 559 g/mol. The standard InChI is InChI=1S/C13H11N3.C10H9N2.Ir/c1-15-10-16(11-6-3-2-4-7-11)12-8-5-9-14-13(12)15;1-12-8-7-11-10(12)9-5-3-2-4-6-9;/h2-6,8-10H,1H3;2-5,7-8H,1H3;/q-2;-1;+3. The van der Waals surface area contributed by atoms with Gasteiger partial charge in [0.1, 0.15) is 5.82 Å². The molecule has 0 fully saturated rings. The van der Waals surface area contributed by atoms with E-state index in [4.69, 9.17) is 0 Å². The molecule has 0 bridgehead atoms. The van der Waals surface area contributed by atoms with Crippen molar-refractivity contribution in [3.8, 4) is 11.4 Å². The van der Waals surface area contributed by atoms with Gasteiger partial charge in [0.15, 0.2) is 0 Å². The quantitative estimate of drug-likeness (QED) is 0.340. The van der Waals surface area contributed by atoms with Crippen LogP contribution in [-0.4, -0.2) is 21.6 Å². The van der Waals surface area contributed by atoms with Crippen molar-refractivity contribution >= 4 is 17.2 Å². The first-order valence-electron chi connectivity index (χ1n) is 8.97. The third-order valence-electron chi connectivity index (χ3n) is 4.37. The molecular weight excluding hydrogens is 539 g/mol. The number of hydrogen-bond donors (Lipinski definition) is 0. The summed E-state index contributed by atoms with van der Waals surface area (Å²) >= 11 is 0. The fourth-order valence-electron chi connectivity index (χ4n) is 3.02. The fourth-order valence-corrected chi connectivity index (χ4v) is 3.02. The normalized spacial score (nSPS) is 11.9. The van der Waals surface area contributed by atoms with E-state index in [1.54, 1.807) is 12.4 Å². The van der Waals surface area contributed by atoms with E-state index < -0.39 is 0 Å². The minimum atomic E-state index is 0. The van der Waals surface area contributed by atoms with Gasteiger partial charge in [0.05, 0.1) is 11.5 Å². The van der Waals surface area contributed by atoms with E-state index in [1.807, 2.05) is 91.0 Å². The number of hydrogen-bond acceptors (Lipinski definition) is 4. The molecule has 5 rings (SSSR count). The zero-order chi connectivity index (χ0) is 19.3. The van der Waals surface area contributed by atoms with Gasteiger partial charge in [-0.2, -0.15) is 37.0 Å². The van der Waals surface area contributed by atoms with Crippen molar-refractivity contribution in [1.82, 2.24) is 14.5 Å². The predicted molar refractivity (Wildman–Crippen MR) is 112 cm³/mol. The molecule has 3 heterocycles. The van der Waals surface area contributed by atoms with Crippen molar-refractivity contribution in [2.45, 2.75) is 0 Å². The Morgan fingerprint density at radius 2 is 1.66 bits per heavy atom. The molecule has 4 aromatic rings. The zero-order valence-corrected chi connectivity index (χ0v) is 18.5. The Balaban J connectivity index is 0.000000167. The first-order valence-corrected chi connectivity index (χ1v) is 8.97. The molecule has 1 aliphatic heterocycles. The molecule has 0 saturated heterocycles. The molecule has 146 valence electrons. The molecule has 0 unspecified atom stereocenters. The van der Waals surface area contributed by atoms with Crippen LogP contribution in [0.2, 0.25) is 0 Å².